The lowest BCUT2D eigenvalue weighted by Gasteiger charge is -2.24. The van der Waals surface area contributed by atoms with Crippen LogP contribution in [0.15, 0.2) is 18.2 Å². The summed E-state index contributed by atoms with van der Waals surface area (Å²) >= 11 is 0. The molecule has 23 heavy (non-hydrogen) atoms. The minimum atomic E-state index is -4.00. The SMILES string of the molecule is CC(=O)OCC(C)(C)COc1cccc(NS(N)(=O)=O)c1C#N. The number of carbonyl (C=O) groups is 1. The number of hydrogen-bond donors (Lipinski definition) is 2. The first-order chi connectivity index (χ1) is 10.5. The largest absolute Gasteiger partial charge is 0.491 e. The predicted octanol–water partition coefficient (Wildman–Crippen LogP) is 1.14. The number of nitrogens with two attached hydrogens (primary N) is 1. The van der Waals surface area contributed by atoms with Gasteiger partial charge < -0.3 is 9.47 Å². The molecule has 0 aliphatic heterocycles. The van der Waals surface area contributed by atoms with Crippen LogP contribution in [0.2, 0.25) is 0 Å². The molecule has 0 aliphatic rings. The molecule has 0 spiro atoms. The van der Waals surface area contributed by atoms with Crippen molar-refractivity contribution in [1.29, 1.82) is 5.26 Å². The zero-order valence-corrected chi connectivity index (χ0v) is 13.9. The molecule has 0 saturated heterocycles. The Hall–Kier alpha value is -2.31. The summed E-state index contributed by atoms with van der Waals surface area (Å²) < 4.78 is 34.8. The van der Waals surface area contributed by atoms with Crippen molar-refractivity contribution in [2.45, 2.75) is 20.8 Å². The number of nitriles is 1. The first-order valence-electron chi connectivity index (χ1n) is 6.64. The highest BCUT2D eigenvalue weighted by molar-refractivity contribution is 7.90. The first kappa shape index (κ1) is 18.7. The molecule has 0 fully saturated rings. The standard InChI is InChI=1S/C14H19N3O5S/c1-10(18)21-8-14(2,3)9-22-13-6-4-5-12(11(13)7-15)17-23(16,19)20/h4-6,17H,8-9H2,1-3H3,(H2,16,19,20). The molecule has 0 heterocycles. The van der Waals surface area contributed by atoms with E-state index >= 15 is 0 Å². The van der Waals surface area contributed by atoms with E-state index in [4.69, 9.17) is 14.6 Å². The molecule has 1 aromatic carbocycles. The zero-order valence-electron chi connectivity index (χ0n) is 13.1. The van der Waals surface area contributed by atoms with Crippen molar-refractivity contribution in [3.8, 4) is 11.8 Å². The second-order valence-electron chi connectivity index (χ2n) is 5.67. The zero-order chi connectivity index (χ0) is 17.7. The topological polar surface area (TPSA) is 132 Å². The maximum absolute atomic E-state index is 11.1. The third-order valence-electron chi connectivity index (χ3n) is 2.67. The van der Waals surface area contributed by atoms with Gasteiger partial charge in [-0.25, -0.2) is 5.14 Å². The smallest absolute Gasteiger partial charge is 0.302 e. The van der Waals surface area contributed by atoms with Crippen LogP contribution in [0.3, 0.4) is 0 Å². The van der Waals surface area contributed by atoms with Crippen LogP contribution in [0.1, 0.15) is 26.3 Å². The van der Waals surface area contributed by atoms with Crippen LogP contribution in [0.4, 0.5) is 5.69 Å². The molecule has 3 N–H and O–H groups in total. The van der Waals surface area contributed by atoms with Gasteiger partial charge in [0.1, 0.15) is 17.4 Å². The number of nitrogens with zero attached hydrogens (tertiary/aromatic N) is 1. The van der Waals surface area contributed by atoms with Gasteiger partial charge in [-0.15, -0.1) is 0 Å². The van der Waals surface area contributed by atoms with Gasteiger partial charge in [0.05, 0.1) is 18.9 Å². The third-order valence-corrected chi connectivity index (χ3v) is 3.18. The van der Waals surface area contributed by atoms with E-state index in [0.717, 1.165) is 0 Å². The highest BCUT2D eigenvalue weighted by atomic mass is 32.2. The van der Waals surface area contributed by atoms with E-state index in [9.17, 15) is 18.5 Å². The molecule has 0 saturated carbocycles. The lowest BCUT2D eigenvalue weighted by molar-refractivity contribution is -0.144. The van der Waals surface area contributed by atoms with Gasteiger partial charge in [-0.1, -0.05) is 19.9 Å². The summed E-state index contributed by atoms with van der Waals surface area (Å²) in [6, 6.07) is 6.35. The summed E-state index contributed by atoms with van der Waals surface area (Å²) in [5.41, 5.74) is -0.433. The van der Waals surface area contributed by atoms with E-state index in [2.05, 4.69) is 4.72 Å². The first-order valence-corrected chi connectivity index (χ1v) is 8.18. The molecule has 9 heteroatoms. The summed E-state index contributed by atoms with van der Waals surface area (Å²) in [5, 5.41) is 14.1. The summed E-state index contributed by atoms with van der Waals surface area (Å²) in [5.74, 6) is -0.188. The average molecular weight is 341 g/mol. The summed E-state index contributed by atoms with van der Waals surface area (Å²) in [7, 11) is -4.00. The Morgan fingerprint density at radius 2 is 2.04 bits per heavy atom. The number of carbonyl (C=O) groups excluding carboxylic acids is 1. The van der Waals surface area contributed by atoms with Crippen molar-refractivity contribution >= 4 is 21.9 Å². The summed E-state index contributed by atoms with van der Waals surface area (Å²) in [6.07, 6.45) is 0. The van der Waals surface area contributed by atoms with Crippen LogP contribution in [0.25, 0.3) is 0 Å². The van der Waals surface area contributed by atoms with E-state index in [1.807, 2.05) is 19.9 Å². The monoisotopic (exact) mass is 341 g/mol. The van der Waals surface area contributed by atoms with Crippen molar-refractivity contribution in [2.75, 3.05) is 17.9 Å². The lowest BCUT2D eigenvalue weighted by Crippen LogP contribution is -2.28. The second kappa shape index (κ2) is 7.30. The van der Waals surface area contributed by atoms with Gasteiger partial charge in [-0.3, -0.25) is 9.52 Å². The highest BCUT2D eigenvalue weighted by Gasteiger charge is 2.22. The van der Waals surface area contributed by atoms with Gasteiger partial charge in [0.25, 0.3) is 10.2 Å². The molecule has 0 unspecified atom stereocenters. The van der Waals surface area contributed by atoms with Crippen molar-refractivity contribution in [2.24, 2.45) is 10.6 Å². The number of esters is 1. The minimum Gasteiger partial charge on any atom is -0.491 e. The normalized spacial score (nSPS) is 11.4. The van der Waals surface area contributed by atoms with Crippen LogP contribution in [-0.2, 0) is 19.7 Å². The van der Waals surface area contributed by atoms with Crippen molar-refractivity contribution in [3.05, 3.63) is 23.8 Å². The second-order valence-corrected chi connectivity index (χ2v) is 6.96. The van der Waals surface area contributed by atoms with Crippen LogP contribution >= 0.6 is 0 Å². The van der Waals surface area contributed by atoms with Gasteiger partial charge in [-0.05, 0) is 12.1 Å². The Morgan fingerprint density at radius 3 is 2.57 bits per heavy atom. The van der Waals surface area contributed by atoms with Crippen molar-refractivity contribution in [1.82, 2.24) is 0 Å². The van der Waals surface area contributed by atoms with Crippen molar-refractivity contribution in [3.63, 3.8) is 0 Å². The molecule has 0 atom stereocenters. The maximum atomic E-state index is 11.1. The summed E-state index contributed by atoms with van der Waals surface area (Å²) in [6.45, 7) is 5.28. The van der Waals surface area contributed by atoms with Gasteiger partial charge in [0.2, 0.25) is 0 Å². The van der Waals surface area contributed by atoms with Crippen molar-refractivity contribution < 1.29 is 22.7 Å². The highest BCUT2D eigenvalue weighted by Crippen LogP contribution is 2.28. The number of ether oxygens (including phenoxy) is 2. The van der Waals surface area contributed by atoms with Crippen LogP contribution < -0.4 is 14.6 Å². The Kier molecular flexibility index (Phi) is 5.95. The quantitative estimate of drug-likeness (QED) is 0.715. The van der Waals surface area contributed by atoms with Gasteiger partial charge in [0, 0.05) is 12.3 Å². The third kappa shape index (κ3) is 6.54. The molecular formula is C14H19N3O5S. The van der Waals surface area contributed by atoms with E-state index in [1.165, 1.54) is 25.1 Å². The maximum Gasteiger partial charge on any atom is 0.302 e. The van der Waals surface area contributed by atoms with E-state index in [-0.39, 0.29) is 30.2 Å². The van der Waals surface area contributed by atoms with Gasteiger partial charge >= 0.3 is 5.97 Å². The fraction of sp³-hybridized carbons (Fsp3) is 0.429. The van der Waals surface area contributed by atoms with Gasteiger partial charge in [0.15, 0.2) is 0 Å². The summed E-state index contributed by atoms with van der Waals surface area (Å²) in [4.78, 5) is 10.9. The molecule has 8 nitrogen and oxygen atoms in total. The van der Waals surface area contributed by atoms with E-state index < -0.39 is 21.6 Å². The number of hydrogen-bond acceptors (Lipinski definition) is 6. The molecule has 0 bridgehead atoms. The molecule has 0 radical (unpaired) electrons. The lowest BCUT2D eigenvalue weighted by atomic mass is 9.96. The Balaban J connectivity index is 2.91. The Morgan fingerprint density at radius 1 is 1.39 bits per heavy atom. The Bertz CT molecular complexity index is 722. The number of benzene rings is 1. The average Bonchev–Trinajstić information content (AvgIpc) is 2.41. The molecule has 126 valence electrons. The fourth-order valence-corrected chi connectivity index (χ4v) is 2.09. The molecule has 0 aromatic heterocycles. The van der Waals surface area contributed by atoms with E-state index in [0.29, 0.717) is 0 Å². The molecule has 1 aromatic rings. The molecule has 0 amide bonds. The Labute approximate surface area is 135 Å². The van der Waals surface area contributed by atoms with Gasteiger partial charge in [-0.2, -0.15) is 13.7 Å². The minimum absolute atomic E-state index is 0.0183. The van der Waals surface area contributed by atoms with E-state index in [1.54, 1.807) is 0 Å². The van der Waals surface area contributed by atoms with Crippen LogP contribution in [0.5, 0.6) is 5.75 Å². The predicted molar refractivity (Wildman–Crippen MR) is 83.8 cm³/mol. The molecular weight excluding hydrogens is 322 g/mol. The fourth-order valence-electron chi connectivity index (χ4n) is 1.62. The molecule has 0 aliphatic carbocycles. The van der Waals surface area contributed by atoms with Crippen LogP contribution in [-0.4, -0.2) is 27.6 Å². The number of nitrogens with one attached hydrogen (secondary N) is 1. The molecule has 1 rings (SSSR count). The van der Waals surface area contributed by atoms with Crippen LogP contribution in [0, 0.1) is 16.7 Å². The number of rotatable bonds is 7. The number of anilines is 1.